The van der Waals surface area contributed by atoms with E-state index in [4.69, 9.17) is 5.11 Å². The summed E-state index contributed by atoms with van der Waals surface area (Å²) in [7, 11) is 3.62. The molecule has 9 heteroatoms. The van der Waals surface area contributed by atoms with Gasteiger partial charge in [0.1, 0.15) is 0 Å². The van der Waals surface area contributed by atoms with Gasteiger partial charge >= 0.3 is 12.0 Å². The Kier molecular flexibility index (Phi) is 5.62. The highest BCUT2D eigenvalue weighted by molar-refractivity contribution is 5.82. The molecule has 9 nitrogen and oxygen atoms in total. The predicted octanol–water partition coefficient (Wildman–Crippen LogP) is 1.25. The Bertz CT molecular complexity index is 782. The van der Waals surface area contributed by atoms with E-state index in [0.29, 0.717) is 25.7 Å². The van der Waals surface area contributed by atoms with Gasteiger partial charge in [0, 0.05) is 37.8 Å². The highest BCUT2D eigenvalue weighted by Crippen LogP contribution is 2.35. The third kappa shape index (κ3) is 3.83. The first kappa shape index (κ1) is 20.2. The van der Waals surface area contributed by atoms with E-state index >= 15 is 0 Å². The molecule has 2 fully saturated rings. The Morgan fingerprint density at radius 2 is 1.75 bits per heavy atom. The number of amides is 3. The van der Waals surface area contributed by atoms with Gasteiger partial charge in [-0.1, -0.05) is 0 Å². The number of aromatic nitrogens is 2. The van der Waals surface area contributed by atoms with E-state index in [1.807, 2.05) is 20.9 Å². The van der Waals surface area contributed by atoms with Gasteiger partial charge in [0.15, 0.2) is 0 Å². The number of urea groups is 1. The lowest BCUT2D eigenvalue weighted by Gasteiger charge is -2.29. The van der Waals surface area contributed by atoms with Crippen molar-refractivity contribution in [2.24, 2.45) is 13.0 Å². The van der Waals surface area contributed by atoms with Crippen molar-refractivity contribution < 1.29 is 19.5 Å². The normalized spacial score (nSPS) is 27.7. The molecule has 1 aromatic heterocycles. The van der Waals surface area contributed by atoms with Crippen molar-refractivity contribution >= 4 is 17.9 Å². The molecule has 0 spiro atoms. The molecule has 0 aromatic carbocycles. The average Bonchev–Trinajstić information content (AvgIpc) is 3.03. The number of aliphatic carboxylic acids is 1. The summed E-state index contributed by atoms with van der Waals surface area (Å²) < 4.78 is 1.79. The molecule has 3 amide bonds. The highest BCUT2D eigenvalue weighted by atomic mass is 16.4. The Morgan fingerprint density at radius 3 is 2.29 bits per heavy atom. The first-order valence-electron chi connectivity index (χ1n) is 9.74. The number of likely N-dealkylation sites (tertiary alicyclic amines) is 1. The first-order chi connectivity index (χ1) is 13.2. The fraction of sp³-hybridized carbons (Fsp3) is 0.684. The van der Waals surface area contributed by atoms with Crippen LogP contribution in [0, 0.1) is 19.8 Å². The van der Waals surface area contributed by atoms with Gasteiger partial charge in [-0.2, -0.15) is 5.10 Å². The topological polar surface area (TPSA) is 117 Å². The second kappa shape index (κ2) is 7.81. The molecule has 2 aliphatic rings. The van der Waals surface area contributed by atoms with E-state index in [1.165, 1.54) is 0 Å². The number of carbonyl (C=O) groups excluding carboxylic acids is 2. The molecule has 2 atom stereocenters. The minimum absolute atomic E-state index is 0.0140. The molecular formula is C19H29N5O4. The molecule has 0 bridgehead atoms. The van der Waals surface area contributed by atoms with Gasteiger partial charge in [-0.15, -0.1) is 0 Å². The Balaban J connectivity index is 1.66. The summed E-state index contributed by atoms with van der Waals surface area (Å²) >= 11 is 0. The van der Waals surface area contributed by atoms with Gasteiger partial charge in [0.25, 0.3) is 0 Å². The SMILES string of the molecule is Cc1nn(C)c(C)c1[C@H]1[C@H](NC(=O)NC2CCC(C(=O)O)CC2)CC(=O)N1C. The number of likely N-dealkylation sites (N-methyl/N-ethyl adjacent to an activating group) is 1. The van der Waals surface area contributed by atoms with Crippen molar-refractivity contribution in [1.29, 1.82) is 0 Å². The summed E-state index contributed by atoms with van der Waals surface area (Å²) in [6.07, 6.45) is 2.69. The third-order valence-corrected chi connectivity index (χ3v) is 6.18. The molecule has 28 heavy (non-hydrogen) atoms. The van der Waals surface area contributed by atoms with Gasteiger partial charge in [0.05, 0.1) is 23.7 Å². The van der Waals surface area contributed by atoms with Gasteiger partial charge in [-0.3, -0.25) is 14.3 Å². The van der Waals surface area contributed by atoms with Crippen LogP contribution in [-0.2, 0) is 16.6 Å². The van der Waals surface area contributed by atoms with Crippen molar-refractivity contribution in [3.05, 3.63) is 17.0 Å². The summed E-state index contributed by atoms with van der Waals surface area (Å²) in [5.74, 6) is -1.09. The molecule has 3 N–H and O–H groups in total. The molecule has 0 unspecified atom stereocenters. The minimum atomic E-state index is -0.763. The van der Waals surface area contributed by atoms with Crippen LogP contribution in [0.4, 0.5) is 4.79 Å². The van der Waals surface area contributed by atoms with Crippen molar-refractivity contribution in [1.82, 2.24) is 25.3 Å². The zero-order chi connectivity index (χ0) is 20.6. The first-order valence-corrected chi connectivity index (χ1v) is 9.74. The lowest BCUT2D eigenvalue weighted by molar-refractivity contribution is -0.142. The van der Waals surface area contributed by atoms with E-state index in [-0.39, 0.29) is 42.4 Å². The van der Waals surface area contributed by atoms with E-state index in [2.05, 4.69) is 15.7 Å². The molecular weight excluding hydrogens is 362 g/mol. The monoisotopic (exact) mass is 391 g/mol. The van der Waals surface area contributed by atoms with E-state index in [1.54, 1.807) is 16.6 Å². The number of hydrogen-bond donors (Lipinski definition) is 3. The van der Waals surface area contributed by atoms with Gasteiger partial charge in [0.2, 0.25) is 5.91 Å². The smallest absolute Gasteiger partial charge is 0.315 e. The second-order valence-electron chi connectivity index (χ2n) is 7.97. The van der Waals surface area contributed by atoms with Crippen molar-refractivity contribution in [3.8, 4) is 0 Å². The lowest BCUT2D eigenvalue weighted by Crippen LogP contribution is -2.49. The Hall–Kier alpha value is -2.58. The number of aryl methyl sites for hydroxylation is 2. The van der Waals surface area contributed by atoms with Crippen LogP contribution in [0.25, 0.3) is 0 Å². The summed E-state index contributed by atoms with van der Waals surface area (Å²) in [6.45, 7) is 3.88. The standard InChI is InChI=1S/C19H29N5O4/c1-10-16(11(2)24(4)22-10)17-14(9-15(25)23(17)3)21-19(28)20-13-7-5-12(6-8-13)18(26)27/h12-14,17H,5-9H2,1-4H3,(H,26,27)(H2,20,21,28)/t12?,13?,14-,17-/m1/s1. The zero-order valence-electron chi connectivity index (χ0n) is 16.9. The average molecular weight is 391 g/mol. The Morgan fingerprint density at radius 1 is 1.11 bits per heavy atom. The fourth-order valence-corrected chi connectivity index (χ4v) is 4.49. The predicted molar refractivity (Wildman–Crippen MR) is 102 cm³/mol. The maximum atomic E-state index is 12.6. The van der Waals surface area contributed by atoms with Crippen LogP contribution >= 0.6 is 0 Å². The minimum Gasteiger partial charge on any atom is -0.481 e. The number of carbonyl (C=O) groups is 3. The van der Waals surface area contributed by atoms with Gasteiger partial charge in [-0.05, 0) is 39.5 Å². The van der Waals surface area contributed by atoms with Crippen LogP contribution in [0.1, 0.15) is 55.1 Å². The number of carboxylic acids is 1. The second-order valence-corrected chi connectivity index (χ2v) is 7.97. The molecule has 154 valence electrons. The van der Waals surface area contributed by atoms with Gasteiger partial charge < -0.3 is 20.6 Å². The summed E-state index contributed by atoms with van der Waals surface area (Å²) in [5, 5.41) is 19.4. The van der Waals surface area contributed by atoms with Gasteiger partial charge in [-0.25, -0.2) is 4.79 Å². The summed E-state index contributed by atoms with van der Waals surface area (Å²) in [5.41, 5.74) is 2.80. The molecule has 0 radical (unpaired) electrons. The quantitative estimate of drug-likeness (QED) is 0.714. The number of nitrogens with zero attached hydrogens (tertiary/aromatic N) is 3. The van der Waals surface area contributed by atoms with Crippen LogP contribution in [0.5, 0.6) is 0 Å². The molecule has 2 heterocycles. The number of nitrogens with one attached hydrogen (secondary N) is 2. The molecule has 1 aromatic rings. The van der Waals surface area contributed by atoms with Crippen molar-refractivity contribution in [2.75, 3.05) is 7.05 Å². The molecule has 1 aliphatic carbocycles. The van der Waals surface area contributed by atoms with Crippen molar-refractivity contribution in [2.45, 2.75) is 64.1 Å². The zero-order valence-corrected chi connectivity index (χ0v) is 16.9. The lowest BCUT2D eigenvalue weighted by atomic mass is 9.86. The highest BCUT2D eigenvalue weighted by Gasteiger charge is 2.42. The van der Waals surface area contributed by atoms with Crippen LogP contribution < -0.4 is 10.6 Å². The van der Waals surface area contributed by atoms with Crippen LogP contribution in [0.2, 0.25) is 0 Å². The van der Waals surface area contributed by atoms with E-state index in [0.717, 1.165) is 17.0 Å². The van der Waals surface area contributed by atoms with E-state index in [9.17, 15) is 14.4 Å². The van der Waals surface area contributed by atoms with Crippen LogP contribution in [0.3, 0.4) is 0 Å². The maximum Gasteiger partial charge on any atom is 0.315 e. The molecule has 1 aliphatic heterocycles. The number of carboxylic acid groups (broad SMARTS) is 1. The van der Waals surface area contributed by atoms with Crippen LogP contribution in [0.15, 0.2) is 0 Å². The Labute approximate surface area is 164 Å². The largest absolute Gasteiger partial charge is 0.481 e. The summed E-state index contributed by atoms with van der Waals surface area (Å²) in [6, 6.07) is -0.939. The molecule has 1 saturated heterocycles. The third-order valence-electron chi connectivity index (χ3n) is 6.18. The van der Waals surface area contributed by atoms with E-state index < -0.39 is 5.97 Å². The number of rotatable bonds is 4. The maximum absolute atomic E-state index is 12.6. The number of hydrogen-bond acceptors (Lipinski definition) is 4. The molecule has 1 saturated carbocycles. The van der Waals surface area contributed by atoms with Crippen molar-refractivity contribution in [3.63, 3.8) is 0 Å². The molecule has 3 rings (SSSR count). The van der Waals surface area contributed by atoms with Crippen LogP contribution in [-0.4, -0.2) is 56.8 Å². The fourth-order valence-electron chi connectivity index (χ4n) is 4.49. The summed E-state index contributed by atoms with van der Waals surface area (Å²) in [4.78, 5) is 37.6.